The lowest BCUT2D eigenvalue weighted by atomic mass is 9.73. The summed E-state index contributed by atoms with van der Waals surface area (Å²) in [5.74, 6) is 4.70. The highest BCUT2D eigenvalue weighted by molar-refractivity contribution is 4.77. The smallest absolute Gasteiger partial charge is 0.0575 e. The minimum absolute atomic E-state index is 0.566. The molecule has 2 saturated carbocycles. The van der Waals surface area contributed by atoms with Crippen LogP contribution in [0.2, 0.25) is 0 Å². The lowest BCUT2D eigenvalue weighted by molar-refractivity contribution is -0.00126. The summed E-state index contributed by atoms with van der Waals surface area (Å²) in [5, 5.41) is 0. The molecule has 0 heterocycles. The van der Waals surface area contributed by atoms with Crippen molar-refractivity contribution in [1.29, 1.82) is 0 Å². The van der Waals surface area contributed by atoms with E-state index in [1.807, 2.05) is 0 Å². The quantitative estimate of drug-likeness (QED) is 0.331. The number of rotatable bonds is 12. The van der Waals surface area contributed by atoms with Crippen LogP contribution in [-0.4, -0.2) is 12.7 Å². The van der Waals surface area contributed by atoms with Crippen LogP contribution in [-0.2, 0) is 4.74 Å². The molecular weight excluding hydrogens is 328 g/mol. The molecule has 2 atom stereocenters. The van der Waals surface area contributed by atoms with E-state index in [0.29, 0.717) is 6.10 Å². The maximum atomic E-state index is 6.30. The van der Waals surface area contributed by atoms with Gasteiger partial charge in [0.15, 0.2) is 0 Å². The zero-order valence-electron chi connectivity index (χ0n) is 19.2. The van der Waals surface area contributed by atoms with Crippen molar-refractivity contribution in [1.82, 2.24) is 0 Å². The number of hydrogen-bond donors (Lipinski definition) is 0. The molecule has 1 nitrogen and oxygen atoms in total. The van der Waals surface area contributed by atoms with E-state index in [9.17, 15) is 0 Å². The second kappa shape index (κ2) is 13.2. The predicted molar refractivity (Wildman–Crippen MR) is 119 cm³/mol. The van der Waals surface area contributed by atoms with Gasteiger partial charge in [-0.25, -0.2) is 0 Å². The Kier molecular flexibility index (Phi) is 11.4. The van der Waals surface area contributed by atoms with Gasteiger partial charge in [0.1, 0.15) is 0 Å². The second-order valence-electron chi connectivity index (χ2n) is 10.3. The van der Waals surface area contributed by atoms with Gasteiger partial charge in [-0.05, 0) is 74.5 Å². The summed E-state index contributed by atoms with van der Waals surface area (Å²) < 4.78 is 6.30. The van der Waals surface area contributed by atoms with Gasteiger partial charge in [0.2, 0.25) is 0 Å². The standard InChI is InChI=1S/C26H50O/c1-5-7-9-24-12-16-25(17-13-24)22(4)11-10-21(3)20-27-26-18-14-23(8-6-2)15-19-26/h21-26H,5-20H2,1-4H3. The number of hydrogen-bond acceptors (Lipinski definition) is 1. The highest BCUT2D eigenvalue weighted by Crippen LogP contribution is 2.37. The van der Waals surface area contributed by atoms with E-state index >= 15 is 0 Å². The summed E-state index contributed by atoms with van der Waals surface area (Å²) >= 11 is 0. The Bertz CT molecular complexity index is 349. The normalized spacial score (nSPS) is 31.6. The molecule has 0 saturated heterocycles. The molecule has 0 spiro atoms. The third-order valence-electron chi connectivity index (χ3n) is 7.88. The van der Waals surface area contributed by atoms with Gasteiger partial charge in [-0.2, -0.15) is 0 Å². The van der Waals surface area contributed by atoms with E-state index in [-0.39, 0.29) is 0 Å². The van der Waals surface area contributed by atoms with E-state index in [2.05, 4.69) is 27.7 Å². The average molecular weight is 379 g/mol. The fourth-order valence-electron chi connectivity index (χ4n) is 5.70. The van der Waals surface area contributed by atoms with Gasteiger partial charge >= 0.3 is 0 Å². The van der Waals surface area contributed by atoms with Crippen LogP contribution in [0.4, 0.5) is 0 Å². The molecule has 0 bridgehead atoms. The van der Waals surface area contributed by atoms with E-state index in [4.69, 9.17) is 4.74 Å². The van der Waals surface area contributed by atoms with Crippen LogP contribution in [0.3, 0.4) is 0 Å². The lowest BCUT2D eigenvalue weighted by Gasteiger charge is -2.33. The van der Waals surface area contributed by atoms with Crippen molar-refractivity contribution in [3.63, 3.8) is 0 Å². The first-order valence-electron chi connectivity index (χ1n) is 12.7. The first-order chi connectivity index (χ1) is 13.1. The topological polar surface area (TPSA) is 9.23 Å². The van der Waals surface area contributed by atoms with Crippen LogP contribution >= 0.6 is 0 Å². The Morgan fingerprint density at radius 3 is 2.00 bits per heavy atom. The summed E-state index contributed by atoms with van der Waals surface area (Å²) in [6.07, 6.45) is 21.9. The van der Waals surface area contributed by atoms with E-state index in [1.165, 1.54) is 96.3 Å². The predicted octanol–water partition coefficient (Wildman–Crippen LogP) is 8.41. The maximum absolute atomic E-state index is 6.30. The van der Waals surface area contributed by atoms with Crippen molar-refractivity contribution in [3.05, 3.63) is 0 Å². The first kappa shape index (κ1) is 23.2. The van der Waals surface area contributed by atoms with Crippen LogP contribution < -0.4 is 0 Å². The second-order valence-corrected chi connectivity index (χ2v) is 10.3. The van der Waals surface area contributed by atoms with Crippen LogP contribution in [0, 0.1) is 29.6 Å². The van der Waals surface area contributed by atoms with Crippen molar-refractivity contribution in [2.24, 2.45) is 29.6 Å². The van der Waals surface area contributed by atoms with Crippen LogP contribution in [0.1, 0.15) is 124 Å². The van der Waals surface area contributed by atoms with E-state index in [0.717, 1.165) is 36.2 Å². The molecule has 2 aliphatic carbocycles. The molecule has 0 N–H and O–H groups in total. The summed E-state index contributed by atoms with van der Waals surface area (Å²) in [5.41, 5.74) is 0. The zero-order valence-corrected chi connectivity index (χ0v) is 19.2. The van der Waals surface area contributed by atoms with Gasteiger partial charge in [-0.3, -0.25) is 0 Å². The molecule has 0 aromatic carbocycles. The van der Waals surface area contributed by atoms with Crippen LogP contribution in [0.15, 0.2) is 0 Å². The van der Waals surface area contributed by atoms with Crippen molar-refractivity contribution in [2.45, 2.75) is 130 Å². The fraction of sp³-hybridized carbons (Fsp3) is 1.00. The lowest BCUT2D eigenvalue weighted by Crippen LogP contribution is -2.24. The Hall–Kier alpha value is -0.0400. The summed E-state index contributed by atoms with van der Waals surface area (Å²) in [6, 6.07) is 0. The van der Waals surface area contributed by atoms with Crippen molar-refractivity contribution >= 4 is 0 Å². The van der Waals surface area contributed by atoms with Crippen LogP contribution in [0.5, 0.6) is 0 Å². The molecule has 0 amide bonds. The Labute approximate surface area is 171 Å². The van der Waals surface area contributed by atoms with E-state index < -0.39 is 0 Å². The number of unbranched alkanes of at least 4 members (excludes halogenated alkanes) is 1. The van der Waals surface area contributed by atoms with Gasteiger partial charge in [-0.1, -0.05) is 79.1 Å². The molecular formula is C26H50O. The van der Waals surface area contributed by atoms with Gasteiger partial charge in [0.25, 0.3) is 0 Å². The molecule has 1 heteroatoms. The summed E-state index contributed by atoms with van der Waals surface area (Å²) in [6.45, 7) is 10.6. The first-order valence-corrected chi connectivity index (χ1v) is 12.7. The molecule has 0 aromatic heterocycles. The van der Waals surface area contributed by atoms with Crippen molar-refractivity contribution in [3.8, 4) is 0 Å². The van der Waals surface area contributed by atoms with Gasteiger partial charge in [0.05, 0.1) is 6.10 Å². The van der Waals surface area contributed by atoms with Gasteiger partial charge in [-0.15, -0.1) is 0 Å². The molecule has 0 aromatic rings. The molecule has 2 unspecified atom stereocenters. The number of ether oxygens (including phenoxy) is 1. The largest absolute Gasteiger partial charge is 0.378 e. The fourth-order valence-corrected chi connectivity index (χ4v) is 5.70. The molecule has 2 aliphatic rings. The third-order valence-corrected chi connectivity index (χ3v) is 7.88. The minimum Gasteiger partial charge on any atom is -0.378 e. The van der Waals surface area contributed by atoms with Gasteiger partial charge < -0.3 is 4.74 Å². The highest BCUT2D eigenvalue weighted by atomic mass is 16.5. The molecule has 0 aliphatic heterocycles. The van der Waals surface area contributed by atoms with Crippen LogP contribution in [0.25, 0.3) is 0 Å². The average Bonchev–Trinajstić information content (AvgIpc) is 2.70. The molecule has 2 rings (SSSR count). The summed E-state index contributed by atoms with van der Waals surface area (Å²) in [4.78, 5) is 0. The summed E-state index contributed by atoms with van der Waals surface area (Å²) in [7, 11) is 0. The molecule has 2 fully saturated rings. The van der Waals surface area contributed by atoms with E-state index in [1.54, 1.807) is 0 Å². The molecule has 27 heavy (non-hydrogen) atoms. The van der Waals surface area contributed by atoms with Crippen molar-refractivity contribution < 1.29 is 4.74 Å². The van der Waals surface area contributed by atoms with Gasteiger partial charge in [0, 0.05) is 6.61 Å². The Balaban J connectivity index is 1.53. The van der Waals surface area contributed by atoms with Crippen molar-refractivity contribution in [2.75, 3.05) is 6.61 Å². The Morgan fingerprint density at radius 1 is 0.741 bits per heavy atom. The zero-order chi connectivity index (χ0) is 19.5. The SMILES string of the molecule is CCCCC1CCC(C(C)CCC(C)COC2CCC(CCC)CC2)CC1. The Morgan fingerprint density at radius 2 is 1.37 bits per heavy atom. The highest BCUT2D eigenvalue weighted by Gasteiger charge is 2.25. The molecule has 160 valence electrons. The third kappa shape index (κ3) is 8.88. The monoisotopic (exact) mass is 378 g/mol. The molecule has 0 radical (unpaired) electrons. The maximum Gasteiger partial charge on any atom is 0.0575 e. The minimum atomic E-state index is 0.566.